The minimum atomic E-state index is -3.04. The van der Waals surface area contributed by atoms with E-state index in [1.165, 1.54) is 21.8 Å². The number of thiophene rings is 1. The van der Waals surface area contributed by atoms with E-state index in [2.05, 4.69) is 12.2 Å². The Kier molecular flexibility index (Phi) is 5.91. The van der Waals surface area contributed by atoms with Crippen molar-refractivity contribution in [2.45, 2.75) is 32.1 Å². The summed E-state index contributed by atoms with van der Waals surface area (Å²) < 4.78 is 25.9. The lowest BCUT2D eigenvalue weighted by molar-refractivity contribution is 0.0119. The molecule has 1 aliphatic carbocycles. The van der Waals surface area contributed by atoms with Gasteiger partial charge in [-0.15, -0.1) is 23.7 Å². The van der Waals surface area contributed by atoms with Crippen LogP contribution in [0.15, 0.2) is 6.07 Å². The van der Waals surface area contributed by atoms with Crippen LogP contribution in [-0.4, -0.2) is 24.9 Å². The Labute approximate surface area is 127 Å². The topological polar surface area (TPSA) is 55.1 Å². The highest BCUT2D eigenvalue weighted by Gasteiger charge is 2.28. The van der Waals surface area contributed by atoms with Gasteiger partial charge in [0.1, 0.15) is 0 Å². The second kappa shape index (κ2) is 6.83. The van der Waals surface area contributed by atoms with Crippen molar-refractivity contribution in [1.29, 1.82) is 0 Å². The maximum absolute atomic E-state index is 13.0. The molecule has 0 fully saturated rings. The number of carbonyl (C=O) groups is 1. The second-order valence-corrected chi connectivity index (χ2v) is 6.29. The van der Waals surface area contributed by atoms with Crippen molar-refractivity contribution in [3.05, 3.63) is 21.4 Å². The van der Waals surface area contributed by atoms with E-state index >= 15 is 0 Å². The number of carbonyl (C=O) groups excluding carboxylic acids is 1. The van der Waals surface area contributed by atoms with Crippen molar-refractivity contribution in [2.24, 2.45) is 11.7 Å². The van der Waals surface area contributed by atoms with Gasteiger partial charge in [-0.25, -0.2) is 8.78 Å². The maximum Gasteiger partial charge on any atom is 0.277 e. The molecule has 0 bridgehead atoms. The third kappa shape index (κ3) is 4.14. The van der Waals surface area contributed by atoms with Gasteiger partial charge in [-0.2, -0.15) is 0 Å². The number of rotatable bonds is 4. The summed E-state index contributed by atoms with van der Waals surface area (Å²) >= 11 is 1.42. The Morgan fingerprint density at radius 3 is 2.95 bits per heavy atom. The summed E-state index contributed by atoms with van der Waals surface area (Å²) in [5, 5.41) is 2.25. The molecule has 0 saturated heterocycles. The molecule has 1 heterocycles. The molecule has 1 amide bonds. The zero-order chi connectivity index (χ0) is 14.0. The first-order valence-corrected chi connectivity index (χ1v) is 7.20. The fraction of sp³-hybridized carbons (Fsp3) is 0.615. The molecule has 1 aliphatic rings. The number of nitrogens with one attached hydrogen (secondary N) is 1. The molecule has 1 aromatic heterocycles. The van der Waals surface area contributed by atoms with Gasteiger partial charge in [0, 0.05) is 4.88 Å². The van der Waals surface area contributed by atoms with E-state index in [-0.39, 0.29) is 12.4 Å². The van der Waals surface area contributed by atoms with Gasteiger partial charge in [-0.1, -0.05) is 6.92 Å². The summed E-state index contributed by atoms with van der Waals surface area (Å²) in [6, 6.07) is 1.84. The first kappa shape index (κ1) is 17.3. The van der Waals surface area contributed by atoms with Gasteiger partial charge in [-0.05, 0) is 36.8 Å². The smallest absolute Gasteiger partial charge is 0.277 e. The van der Waals surface area contributed by atoms with E-state index in [9.17, 15) is 13.6 Å². The van der Waals surface area contributed by atoms with Crippen LogP contribution in [-0.2, 0) is 12.8 Å². The molecular formula is C13H19ClF2N2OS. The van der Waals surface area contributed by atoms with Crippen LogP contribution >= 0.6 is 23.7 Å². The largest absolute Gasteiger partial charge is 0.345 e. The van der Waals surface area contributed by atoms with Crippen LogP contribution in [0, 0.1) is 5.92 Å². The fourth-order valence-corrected chi connectivity index (χ4v) is 3.31. The van der Waals surface area contributed by atoms with Gasteiger partial charge in [0.25, 0.3) is 11.8 Å². The standard InChI is InChI=1S/C13H18F2N2OS.ClH/c1-8-2-3-10-9(4-8)5-11(19-10)12(18)17-7-13(14,15)6-16;/h5,8H,2-4,6-7,16H2,1H3,(H,17,18);1H. The Hall–Kier alpha value is -0.720. The predicted molar refractivity (Wildman–Crippen MR) is 79.1 cm³/mol. The zero-order valence-corrected chi connectivity index (χ0v) is 12.9. The number of amides is 1. The lowest BCUT2D eigenvalue weighted by Crippen LogP contribution is -2.41. The highest BCUT2D eigenvalue weighted by atomic mass is 35.5. The molecule has 3 nitrogen and oxygen atoms in total. The number of alkyl halides is 2. The average molecular weight is 325 g/mol. The number of hydrogen-bond acceptors (Lipinski definition) is 3. The monoisotopic (exact) mass is 324 g/mol. The number of hydrogen-bond donors (Lipinski definition) is 2. The molecule has 20 heavy (non-hydrogen) atoms. The van der Waals surface area contributed by atoms with Crippen LogP contribution in [0.4, 0.5) is 8.78 Å². The van der Waals surface area contributed by atoms with Crippen LogP contribution in [0.1, 0.15) is 33.5 Å². The van der Waals surface area contributed by atoms with Gasteiger partial charge in [0.05, 0.1) is 18.0 Å². The molecule has 114 valence electrons. The van der Waals surface area contributed by atoms with Crippen LogP contribution in [0.5, 0.6) is 0 Å². The molecule has 2 rings (SSSR count). The Morgan fingerprint density at radius 2 is 2.30 bits per heavy atom. The van der Waals surface area contributed by atoms with Gasteiger partial charge < -0.3 is 11.1 Å². The van der Waals surface area contributed by atoms with E-state index in [1.54, 1.807) is 0 Å². The fourth-order valence-electron chi connectivity index (χ4n) is 2.19. The number of fused-ring (bicyclic) bond motifs is 1. The molecule has 0 radical (unpaired) electrons. The number of aryl methyl sites for hydroxylation is 1. The highest BCUT2D eigenvalue weighted by Crippen LogP contribution is 2.32. The molecule has 0 saturated carbocycles. The molecule has 0 spiro atoms. The number of nitrogens with two attached hydrogens (primary N) is 1. The first-order valence-electron chi connectivity index (χ1n) is 6.39. The summed E-state index contributed by atoms with van der Waals surface area (Å²) in [5.41, 5.74) is 6.12. The third-order valence-corrected chi connectivity index (χ3v) is 4.60. The van der Waals surface area contributed by atoms with Gasteiger partial charge >= 0.3 is 0 Å². The lowest BCUT2D eigenvalue weighted by atomic mass is 9.90. The minimum absolute atomic E-state index is 0. The Morgan fingerprint density at radius 1 is 1.60 bits per heavy atom. The summed E-state index contributed by atoms with van der Waals surface area (Å²) in [5.74, 6) is -2.85. The van der Waals surface area contributed by atoms with Gasteiger partial charge in [-0.3, -0.25) is 4.79 Å². The maximum atomic E-state index is 13.0. The van der Waals surface area contributed by atoms with Gasteiger partial charge in [0.15, 0.2) is 0 Å². The van der Waals surface area contributed by atoms with E-state index < -0.39 is 24.9 Å². The van der Waals surface area contributed by atoms with Gasteiger partial charge in [0.2, 0.25) is 0 Å². The normalized spacial score (nSPS) is 18.1. The van der Waals surface area contributed by atoms with Crippen molar-refractivity contribution >= 4 is 29.7 Å². The summed E-state index contributed by atoms with van der Waals surface area (Å²) in [6.07, 6.45) is 3.07. The molecule has 1 atom stereocenters. The van der Waals surface area contributed by atoms with Crippen molar-refractivity contribution in [2.75, 3.05) is 13.1 Å². The number of halogens is 3. The molecular weight excluding hydrogens is 306 g/mol. The minimum Gasteiger partial charge on any atom is -0.345 e. The van der Waals surface area contributed by atoms with Crippen molar-refractivity contribution in [1.82, 2.24) is 5.32 Å². The molecule has 0 aromatic carbocycles. The molecule has 1 aromatic rings. The van der Waals surface area contributed by atoms with E-state index in [1.807, 2.05) is 6.07 Å². The highest BCUT2D eigenvalue weighted by molar-refractivity contribution is 7.14. The molecule has 3 N–H and O–H groups in total. The average Bonchev–Trinajstić information content (AvgIpc) is 2.79. The SMILES string of the molecule is CC1CCc2sc(C(=O)NCC(F)(F)CN)cc2C1.Cl. The van der Waals surface area contributed by atoms with Crippen LogP contribution < -0.4 is 11.1 Å². The van der Waals surface area contributed by atoms with E-state index in [4.69, 9.17) is 5.73 Å². The van der Waals surface area contributed by atoms with Crippen LogP contribution in [0.2, 0.25) is 0 Å². The summed E-state index contributed by atoms with van der Waals surface area (Å²) in [7, 11) is 0. The molecule has 7 heteroatoms. The Bertz CT molecular complexity index is 479. The van der Waals surface area contributed by atoms with E-state index in [0.717, 1.165) is 19.3 Å². The van der Waals surface area contributed by atoms with E-state index in [0.29, 0.717) is 10.8 Å². The van der Waals surface area contributed by atoms with Crippen molar-refractivity contribution < 1.29 is 13.6 Å². The second-order valence-electron chi connectivity index (χ2n) is 5.15. The molecule has 1 unspecified atom stereocenters. The third-order valence-electron chi connectivity index (χ3n) is 3.36. The summed E-state index contributed by atoms with van der Waals surface area (Å²) in [4.78, 5) is 13.6. The quantitative estimate of drug-likeness (QED) is 0.894. The lowest BCUT2D eigenvalue weighted by Gasteiger charge is -2.16. The van der Waals surface area contributed by atoms with Crippen molar-refractivity contribution in [3.63, 3.8) is 0 Å². The van der Waals surface area contributed by atoms with Crippen LogP contribution in [0.25, 0.3) is 0 Å². The first-order chi connectivity index (χ1) is 8.91. The zero-order valence-electron chi connectivity index (χ0n) is 11.2. The summed E-state index contributed by atoms with van der Waals surface area (Å²) in [6.45, 7) is 0.717. The predicted octanol–water partition coefficient (Wildman–Crippen LogP) is 2.62. The Balaban J connectivity index is 0.00000200. The van der Waals surface area contributed by atoms with Crippen LogP contribution in [0.3, 0.4) is 0 Å². The van der Waals surface area contributed by atoms with Crippen molar-refractivity contribution in [3.8, 4) is 0 Å². The molecule has 0 aliphatic heterocycles.